The van der Waals surface area contributed by atoms with Crippen LogP contribution in [0.1, 0.15) is 13.8 Å². The molecule has 0 saturated carbocycles. The van der Waals surface area contributed by atoms with Crippen LogP contribution >= 0.6 is 0 Å². The van der Waals surface area contributed by atoms with Crippen LogP contribution in [0.5, 0.6) is 5.75 Å². The number of carbonyl (C=O) groups is 1. The summed E-state index contributed by atoms with van der Waals surface area (Å²) in [5.74, 6) is -1.43. The van der Waals surface area contributed by atoms with Gasteiger partial charge in [0.15, 0.2) is 0 Å². The molecule has 6 heteroatoms. The monoisotopic (exact) mass is 297 g/mol. The van der Waals surface area contributed by atoms with Crippen molar-refractivity contribution in [3.63, 3.8) is 0 Å². The van der Waals surface area contributed by atoms with E-state index in [0.717, 1.165) is 0 Å². The molecule has 2 aromatic carbocycles. The van der Waals surface area contributed by atoms with Gasteiger partial charge in [0.1, 0.15) is 5.75 Å². The summed E-state index contributed by atoms with van der Waals surface area (Å²) in [5.41, 5.74) is 0.101. The quantitative estimate of drug-likeness (QED) is 0.925. The van der Waals surface area contributed by atoms with Gasteiger partial charge in [0.2, 0.25) is 0 Å². The molecule has 1 amide bonds. The van der Waals surface area contributed by atoms with Crippen LogP contribution in [0.4, 0.5) is 18.9 Å². The Balaban J connectivity index is 2.45. The first-order valence-electron chi connectivity index (χ1n) is 6.35. The minimum absolute atomic E-state index is 0.0657. The van der Waals surface area contributed by atoms with E-state index >= 15 is 0 Å². The molecule has 112 valence electrons. The first-order chi connectivity index (χ1) is 9.79. The molecule has 0 unspecified atom stereocenters. The molecule has 0 radical (unpaired) electrons. The molecule has 0 heterocycles. The highest BCUT2D eigenvalue weighted by atomic mass is 19.4. The highest BCUT2D eigenvalue weighted by Crippen LogP contribution is 2.33. The second-order valence-electron chi connectivity index (χ2n) is 4.78. The Kier molecular flexibility index (Phi) is 4.06. The Morgan fingerprint density at radius 3 is 2.29 bits per heavy atom. The lowest BCUT2D eigenvalue weighted by atomic mass is 10.1. The van der Waals surface area contributed by atoms with Crippen LogP contribution in [-0.2, 0) is 4.79 Å². The van der Waals surface area contributed by atoms with Gasteiger partial charge >= 0.3 is 12.1 Å². The Hall–Kier alpha value is -2.24. The Labute approximate surface area is 119 Å². The van der Waals surface area contributed by atoms with Crippen molar-refractivity contribution < 1.29 is 22.7 Å². The highest BCUT2D eigenvalue weighted by molar-refractivity contribution is 6.05. The summed E-state index contributed by atoms with van der Waals surface area (Å²) >= 11 is 0. The molecule has 1 N–H and O–H groups in total. The van der Waals surface area contributed by atoms with E-state index in [1.165, 1.54) is 6.07 Å². The van der Waals surface area contributed by atoms with Crippen molar-refractivity contribution in [1.82, 2.24) is 0 Å². The molecular formula is C15H14F3NO2. The van der Waals surface area contributed by atoms with Gasteiger partial charge < -0.3 is 10.1 Å². The number of halogens is 3. The van der Waals surface area contributed by atoms with Crippen LogP contribution in [0.3, 0.4) is 0 Å². The van der Waals surface area contributed by atoms with E-state index < -0.39 is 12.1 Å². The second kappa shape index (κ2) is 5.63. The van der Waals surface area contributed by atoms with Crippen LogP contribution in [-0.4, -0.2) is 18.2 Å². The van der Waals surface area contributed by atoms with Crippen LogP contribution in [0.25, 0.3) is 10.8 Å². The summed E-state index contributed by atoms with van der Waals surface area (Å²) in [4.78, 5) is 11.1. The van der Waals surface area contributed by atoms with Gasteiger partial charge in [-0.3, -0.25) is 4.79 Å². The van der Waals surface area contributed by atoms with Crippen LogP contribution in [0, 0.1) is 0 Å². The van der Waals surface area contributed by atoms with Crippen LogP contribution in [0.15, 0.2) is 36.4 Å². The lowest BCUT2D eigenvalue weighted by Crippen LogP contribution is -2.30. The lowest BCUT2D eigenvalue weighted by molar-refractivity contribution is -0.167. The summed E-state index contributed by atoms with van der Waals surface area (Å²) in [5, 5.41) is 3.02. The van der Waals surface area contributed by atoms with Gasteiger partial charge in [-0.2, -0.15) is 13.2 Å². The summed E-state index contributed by atoms with van der Waals surface area (Å²) in [6.07, 6.45) is -4.99. The number of nitrogens with one attached hydrogen (secondary N) is 1. The van der Waals surface area contributed by atoms with E-state index in [0.29, 0.717) is 16.5 Å². The zero-order valence-electron chi connectivity index (χ0n) is 11.5. The minimum Gasteiger partial charge on any atom is -0.490 e. The first-order valence-corrected chi connectivity index (χ1v) is 6.35. The number of fused-ring (bicyclic) bond motifs is 1. The number of alkyl halides is 3. The molecule has 0 aliphatic carbocycles. The number of hydrogen-bond acceptors (Lipinski definition) is 2. The molecule has 21 heavy (non-hydrogen) atoms. The Bertz CT molecular complexity index is 666. The van der Waals surface area contributed by atoms with Crippen molar-refractivity contribution in [2.75, 3.05) is 5.32 Å². The molecule has 0 atom stereocenters. The minimum atomic E-state index is -4.92. The smallest absolute Gasteiger partial charge is 0.471 e. The molecule has 0 saturated heterocycles. The molecule has 3 nitrogen and oxygen atoms in total. The second-order valence-corrected chi connectivity index (χ2v) is 4.78. The molecule has 0 aromatic heterocycles. The van der Waals surface area contributed by atoms with Gasteiger partial charge in [-0.05, 0) is 26.0 Å². The van der Waals surface area contributed by atoms with E-state index in [-0.39, 0.29) is 11.8 Å². The molecular weight excluding hydrogens is 283 g/mol. The predicted molar refractivity (Wildman–Crippen MR) is 74.4 cm³/mol. The maximum absolute atomic E-state index is 12.3. The Morgan fingerprint density at radius 2 is 1.71 bits per heavy atom. The van der Waals surface area contributed by atoms with Gasteiger partial charge in [-0.25, -0.2) is 0 Å². The zero-order valence-corrected chi connectivity index (χ0v) is 11.5. The fourth-order valence-electron chi connectivity index (χ4n) is 1.93. The van der Waals surface area contributed by atoms with Crippen molar-refractivity contribution in [1.29, 1.82) is 0 Å². The molecule has 0 bridgehead atoms. The summed E-state index contributed by atoms with van der Waals surface area (Å²) in [6, 6.07) is 9.76. The van der Waals surface area contributed by atoms with Gasteiger partial charge in [0, 0.05) is 16.5 Å². The number of anilines is 1. The molecule has 0 fully saturated rings. The molecule has 0 aliphatic heterocycles. The first kappa shape index (κ1) is 15.2. The van der Waals surface area contributed by atoms with Crippen molar-refractivity contribution in [3.05, 3.63) is 36.4 Å². The fourth-order valence-corrected chi connectivity index (χ4v) is 1.93. The van der Waals surface area contributed by atoms with Crippen molar-refractivity contribution in [2.45, 2.75) is 26.1 Å². The third kappa shape index (κ3) is 3.45. The predicted octanol–water partition coefficient (Wildman–Crippen LogP) is 4.13. The third-order valence-electron chi connectivity index (χ3n) is 2.75. The maximum Gasteiger partial charge on any atom is 0.471 e. The van der Waals surface area contributed by atoms with Crippen molar-refractivity contribution in [3.8, 4) is 5.75 Å². The lowest BCUT2D eigenvalue weighted by Gasteiger charge is -2.15. The molecule has 2 rings (SSSR count). The number of amides is 1. The highest BCUT2D eigenvalue weighted by Gasteiger charge is 2.38. The summed E-state index contributed by atoms with van der Waals surface area (Å²) in [7, 11) is 0. The van der Waals surface area contributed by atoms with E-state index in [2.05, 4.69) is 0 Å². The maximum atomic E-state index is 12.3. The summed E-state index contributed by atoms with van der Waals surface area (Å²) < 4.78 is 42.7. The van der Waals surface area contributed by atoms with Gasteiger partial charge in [-0.15, -0.1) is 0 Å². The van der Waals surface area contributed by atoms with E-state index in [1.54, 1.807) is 30.3 Å². The normalized spacial score (nSPS) is 11.7. The number of rotatable bonds is 3. The zero-order chi connectivity index (χ0) is 15.6. The number of benzene rings is 2. The fraction of sp³-hybridized carbons (Fsp3) is 0.267. The van der Waals surface area contributed by atoms with Crippen LogP contribution in [0.2, 0.25) is 0 Å². The van der Waals surface area contributed by atoms with E-state index in [9.17, 15) is 18.0 Å². The summed E-state index contributed by atoms with van der Waals surface area (Å²) in [6.45, 7) is 3.71. The largest absolute Gasteiger partial charge is 0.490 e. The molecule has 0 aliphatic rings. The topological polar surface area (TPSA) is 38.3 Å². The number of carbonyl (C=O) groups excluding carboxylic acids is 1. The van der Waals surface area contributed by atoms with Crippen molar-refractivity contribution >= 4 is 22.4 Å². The van der Waals surface area contributed by atoms with E-state index in [1.807, 2.05) is 19.2 Å². The SMILES string of the molecule is CC(C)Oc1ccc(NC(=O)C(F)(F)F)c2ccccc12. The van der Waals surface area contributed by atoms with E-state index in [4.69, 9.17) is 4.74 Å². The molecule has 2 aromatic rings. The number of hydrogen-bond donors (Lipinski definition) is 1. The number of ether oxygens (including phenoxy) is 1. The van der Waals surface area contributed by atoms with Gasteiger partial charge in [-0.1, -0.05) is 24.3 Å². The Morgan fingerprint density at radius 1 is 1.10 bits per heavy atom. The van der Waals surface area contributed by atoms with Crippen molar-refractivity contribution in [2.24, 2.45) is 0 Å². The van der Waals surface area contributed by atoms with Gasteiger partial charge in [0.25, 0.3) is 0 Å². The van der Waals surface area contributed by atoms with Crippen LogP contribution < -0.4 is 10.1 Å². The average Bonchev–Trinajstić information content (AvgIpc) is 2.40. The van der Waals surface area contributed by atoms with Gasteiger partial charge in [0.05, 0.1) is 6.10 Å². The third-order valence-corrected chi connectivity index (χ3v) is 2.75. The molecule has 0 spiro atoms. The standard InChI is InChI=1S/C15H14F3NO2/c1-9(2)21-13-8-7-12(19-14(20)15(16,17)18)10-5-3-4-6-11(10)13/h3-9H,1-2H3,(H,19,20). The average molecular weight is 297 g/mol.